The van der Waals surface area contributed by atoms with Crippen LogP contribution in [0.25, 0.3) is 0 Å². The standard InChI is InChI=1S/C14H20FN3O2/c15-12-9-10(14(16)19)1-2-13(12)18-7-8-20-11-3-5-17-6-4-11/h1-2,9,11,17-18H,3-8H2,(H2,16,19). The van der Waals surface area contributed by atoms with Gasteiger partial charge in [-0.15, -0.1) is 0 Å². The molecule has 0 radical (unpaired) electrons. The van der Waals surface area contributed by atoms with E-state index >= 15 is 0 Å². The van der Waals surface area contributed by atoms with Gasteiger partial charge in [-0.25, -0.2) is 4.39 Å². The van der Waals surface area contributed by atoms with Gasteiger partial charge in [0.25, 0.3) is 0 Å². The SMILES string of the molecule is NC(=O)c1ccc(NCCOC2CCNCC2)c(F)c1. The summed E-state index contributed by atoms with van der Waals surface area (Å²) >= 11 is 0. The highest BCUT2D eigenvalue weighted by molar-refractivity contribution is 5.93. The number of nitrogens with one attached hydrogen (secondary N) is 2. The Morgan fingerprint density at radius 2 is 2.20 bits per heavy atom. The number of ether oxygens (including phenoxy) is 1. The number of hydrogen-bond donors (Lipinski definition) is 3. The maximum Gasteiger partial charge on any atom is 0.248 e. The molecule has 1 heterocycles. The summed E-state index contributed by atoms with van der Waals surface area (Å²) in [6, 6.07) is 4.15. The van der Waals surface area contributed by atoms with Gasteiger partial charge in [0, 0.05) is 12.1 Å². The maximum absolute atomic E-state index is 13.7. The van der Waals surface area contributed by atoms with Crippen LogP contribution >= 0.6 is 0 Å². The summed E-state index contributed by atoms with van der Waals surface area (Å²) < 4.78 is 19.4. The molecule has 0 aromatic heterocycles. The number of piperidine rings is 1. The largest absolute Gasteiger partial charge is 0.380 e. The number of primary amides is 1. The number of rotatable bonds is 6. The quantitative estimate of drug-likeness (QED) is 0.683. The molecule has 6 heteroatoms. The number of carbonyl (C=O) groups is 1. The van der Waals surface area contributed by atoms with Crippen LogP contribution < -0.4 is 16.4 Å². The van der Waals surface area contributed by atoms with Crippen molar-refractivity contribution in [1.82, 2.24) is 5.32 Å². The second-order valence-corrected chi connectivity index (χ2v) is 4.81. The lowest BCUT2D eigenvalue weighted by molar-refractivity contribution is 0.0394. The van der Waals surface area contributed by atoms with Gasteiger partial charge < -0.3 is 21.1 Å². The van der Waals surface area contributed by atoms with Gasteiger partial charge in [-0.1, -0.05) is 0 Å². The van der Waals surface area contributed by atoms with Crippen molar-refractivity contribution < 1.29 is 13.9 Å². The number of benzene rings is 1. The van der Waals surface area contributed by atoms with Crippen LogP contribution in [0.4, 0.5) is 10.1 Å². The summed E-state index contributed by atoms with van der Waals surface area (Å²) in [5.41, 5.74) is 5.60. The zero-order chi connectivity index (χ0) is 14.4. The van der Waals surface area contributed by atoms with Crippen molar-refractivity contribution in [2.45, 2.75) is 18.9 Å². The van der Waals surface area contributed by atoms with Gasteiger partial charge in [0.05, 0.1) is 18.4 Å². The Morgan fingerprint density at radius 1 is 1.45 bits per heavy atom. The Balaban J connectivity index is 1.74. The van der Waals surface area contributed by atoms with Crippen molar-refractivity contribution in [3.05, 3.63) is 29.6 Å². The molecule has 1 amide bonds. The first kappa shape index (κ1) is 14.7. The molecule has 1 aromatic rings. The molecule has 110 valence electrons. The van der Waals surface area contributed by atoms with E-state index in [1.54, 1.807) is 0 Å². The lowest BCUT2D eigenvalue weighted by Crippen LogP contribution is -2.33. The number of amides is 1. The second-order valence-electron chi connectivity index (χ2n) is 4.81. The highest BCUT2D eigenvalue weighted by atomic mass is 19.1. The average molecular weight is 281 g/mol. The van der Waals surface area contributed by atoms with Crippen LogP contribution in [0.5, 0.6) is 0 Å². The number of anilines is 1. The van der Waals surface area contributed by atoms with Crippen molar-refractivity contribution >= 4 is 11.6 Å². The second kappa shape index (κ2) is 7.21. The van der Waals surface area contributed by atoms with E-state index in [0.717, 1.165) is 32.0 Å². The van der Waals surface area contributed by atoms with Crippen LogP contribution in [-0.2, 0) is 4.74 Å². The van der Waals surface area contributed by atoms with Gasteiger partial charge in [-0.3, -0.25) is 4.79 Å². The minimum absolute atomic E-state index is 0.166. The van der Waals surface area contributed by atoms with Gasteiger partial charge in [0.15, 0.2) is 0 Å². The van der Waals surface area contributed by atoms with Gasteiger partial charge in [0.1, 0.15) is 5.82 Å². The fourth-order valence-electron chi connectivity index (χ4n) is 2.19. The van der Waals surface area contributed by atoms with E-state index in [-0.39, 0.29) is 5.56 Å². The highest BCUT2D eigenvalue weighted by Gasteiger charge is 2.12. The van der Waals surface area contributed by atoms with E-state index in [2.05, 4.69) is 10.6 Å². The van der Waals surface area contributed by atoms with Crippen molar-refractivity contribution in [3.8, 4) is 0 Å². The maximum atomic E-state index is 13.7. The molecular formula is C14H20FN3O2. The van der Waals surface area contributed by atoms with E-state index in [1.165, 1.54) is 12.1 Å². The molecule has 4 N–H and O–H groups in total. The molecule has 5 nitrogen and oxygen atoms in total. The van der Waals surface area contributed by atoms with Crippen molar-refractivity contribution in [2.24, 2.45) is 5.73 Å². The van der Waals surface area contributed by atoms with Crippen molar-refractivity contribution in [3.63, 3.8) is 0 Å². The summed E-state index contributed by atoms with van der Waals surface area (Å²) in [4.78, 5) is 10.9. The first-order valence-corrected chi connectivity index (χ1v) is 6.82. The molecule has 1 aliphatic heterocycles. The Hall–Kier alpha value is -1.66. The molecule has 0 saturated carbocycles. The molecule has 0 bridgehead atoms. The number of hydrogen-bond acceptors (Lipinski definition) is 4. The lowest BCUT2D eigenvalue weighted by atomic mass is 10.1. The summed E-state index contributed by atoms with van der Waals surface area (Å²) in [5.74, 6) is -1.12. The van der Waals surface area contributed by atoms with Crippen molar-refractivity contribution in [2.75, 3.05) is 31.6 Å². The van der Waals surface area contributed by atoms with E-state index in [0.29, 0.717) is 24.9 Å². The normalized spacial score (nSPS) is 16.1. The summed E-state index contributed by atoms with van der Waals surface area (Å²) in [6.07, 6.45) is 2.32. The molecule has 0 aliphatic carbocycles. The highest BCUT2D eigenvalue weighted by Crippen LogP contribution is 2.15. The average Bonchev–Trinajstić information content (AvgIpc) is 2.46. The topological polar surface area (TPSA) is 76.4 Å². The van der Waals surface area contributed by atoms with Gasteiger partial charge >= 0.3 is 0 Å². The first-order chi connectivity index (χ1) is 9.66. The van der Waals surface area contributed by atoms with Gasteiger partial charge in [-0.05, 0) is 44.1 Å². The molecule has 1 aromatic carbocycles. The molecule has 1 fully saturated rings. The molecule has 1 aliphatic rings. The first-order valence-electron chi connectivity index (χ1n) is 6.82. The molecule has 20 heavy (non-hydrogen) atoms. The van der Waals surface area contributed by atoms with E-state index < -0.39 is 11.7 Å². The number of carbonyl (C=O) groups excluding carboxylic acids is 1. The third-order valence-corrected chi connectivity index (χ3v) is 3.31. The smallest absolute Gasteiger partial charge is 0.248 e. The fourth-order valence-corrected chi connectivity index (χ4v) is 2.19. The summed E-state index contributed by atoms with van der Waals surface area (Å²) in [7, 11) is 0. The molecule has 0 spiro atoms. The van der Waals surface area contributed by atoms with Crippen LogP contribution in [0.1, 0.15) is 23.2 Å². The minimum Gasteiger partial charge on any atom is -0.380 e. The Labute approximate surface area is 117 Å². The minimum atomic E-state index is -0.635. The number of halogens is 1. The molecule has 0 atom stereocenters. The predicted octanol–water partition coefficient (Wildman–Crippen LogP) is 1.11. The molecule has 2 rings (SSSR count). The zero-order valence-corrected chi connectivity index (χ0v) is 11.3. The Kier molecular flexibility index (Phi) is 5.31. The van der Waals surface area contributed by atoms with E-state index in [9.17, 15) is 9.18 Å². The number of nitrogens with two attached hydrogens (primary N) is 1. The monoisotopic (exact) mass is 281 g/mol. The van der Waals surface area contributed by atoms with Crippen LogP contribution in [0.2, 0.25) is 0 Å². The van der Waals surface area contributed by atoms with Crippen molar-refractivity contribution in [1.29, 1.82) is 0 Å². The van der Waals surface area contributed by atoms with Crippen LogP contribution in [0, 0.1) is 5.82 Å². The zero-order valence-electron chi connectivity index (χ0n) is 11.3. The van der Waals surface area contributed by atoms with Gasteiger partial charge in [0.2, 0.25) is 5.91 Å². The van der Waals surface area contributed by atoms with E-state index in [1.807, 2.05) is 0 Å². The Bertz CT molecular complexity index is 462. The molecule has 1 saturated heterocycles. The summed E-state index contributed by atoms with van der Waals surface area (Å²) in [6.45, 7) is 3.03. The third-order valence-electron chi connectivity index (χ3n) is 3.31. The molecular weight excluding hydrogens is 261 g/mol. The predicted molar refractivity (Wildman–Crippen MR) is 75.3 cm³/mol. The van der Waals surface area contributed by atoms with Crippen LogP contribution in [-0.4, -0.2) is 38.3 Å². The van der Waals surface area contributed by atoms with Crippen LogP contribution in [0.15, 0.2) is 18.2 Å². The summed E-state index contributed by atoms with van der Waals surface area (Å²) in [5, 5.41) is 6.22. The fraction of sp³-hybridized carbons (Fsp3) is 0.500. The van der Waals surface area contributed by atoms with Crippen LogP contribution in [0.3, 0.4) is 0 Å². The lowest BCUT2D eigenvalue weighted by Gasteiger charge is -2.23. The third kappa shape index (κ3) is 4.18. The molecule has 0 unspecified atom stereocenters. The van der Waals surface area contributed by atoms with Gasteiger partial charge in [-0.2, -0.15) is 0 Å². The Morgan fingerprint density at radius 3 is 2.85 bits per heavy atom. The van der Waals surface area contributed by atoms with E-state index in [4.69, 9.17) is 10.5 Å².